The van der Waals surface area contributed by atoms with Gasteiger partial charge in [-0.05, 0) is 56.0 Å². The summed E-state index contributed by atoms with van der Waals surface area (Å²) in [6, 6.07) is 18.9. The number of hydrogen-bond acceptors (Lipinski definition) is 6. The average molecular weight is 482 g/mol. The van der Waals surface area contributed by atoms with Crippen LogP contribution in [-0.4, -0.2) is 46.9 Å². The van der Waals surface area contributed by atoms with E-state index in [4.69, 9.17) is 14.2 Å². The third kappa shape index (κ3) is 4.15. The van der Waals surface area contributed by atoms with Crippen LogP contribution in [0.2, 0.25) is 0 Å². The molecule has 1 amide bonds. The third-order valence-electron chi connectivity index (χ3n) is 7.27. The zero-order valence-corrected chi connectivity index (χ0v) is 20.1. The van der Waals surface area contributed by atoms with Crippen LogP contribution in [0.25, 0.3) is 22.4 Å². The van der Waals surface area contributed by atoms with Crippen molar-refractivity contribution >= 4 is 22.8 Å². The average Bonchev–Trinajstić information content (AvgIpc) is 3.71. The number of likely N-dealkylation sites (tertiary alicyclic amines) is 1. The maximum atomic E-state index is 13.8. The number of nitrogens with zero attached hydrogens (tertiary/aromatic N) is 3. The van der Waals surface area contributed by atoms with Crippen LogP contribution in [0.5, 0.6) is 5.75 Å². The molecule has 1 saturated heterocycles. The second-order valence-corrected chi connectivity index (χ2v) is 9.61. The summed E-state index contributed by atoms with van der Waals surface area (Å²) >= 11 is 0. The molecular formula is C29H27N3O4. The van der Waals surface area contributed by atoms with E-state index < -0.39 is 0 Å². The van der Waals surface area contributed by atoms with E-state index in [0.717, 1.165) is 29.8 Å². The Morgan fingerprint density at radius 3 is 2.36 bits per heavy atom. The van der Waals surface area contributed by atoms with E-state index in [9.17, 15) is 9.59 Å². The number of Topliss-reactive ketones (excluding diaryl/α,β-unsaturated/α-hetero) is 1. The van der Waals surface area contributed by atoms with Crippen molar-refractivity contribution in [1.29, 1.82) is 0 Å². The molecule has 2 aliphatic rings. The van der Waals surface area contributed by atoms with Gasteiger partial charge in [-0.3, -0.25) is 9.59 Å². The van der Waals surface area contributed by atoms with Crippen LogP contribution in [0.1, 0.15) is 58.0 Å². The topological polar surface area (TPSA) is 85.5 Å². The molecule has 4 aromatic rings. The summed E-state index contributed by atoms with van der Waals surface area (Å²) in [5.74, 6) is 1.07. The van der Waals surface area contributed by atoms with Crippen LogP contribution in [0.4, 0.5) is 0 Å². The molecule has 0 spiro atoms. The number of fused-ring (bicyclic) bond motifs is 1. The molecule has 3 heterocycles. The summed E-state index contributed by atoms with van der Waals surface area (Å²) in [6.45, 7) is 1.06. The van der Waals surface area contributed by atoms with Gasteiger partial charge in [-0.15, -0.1) is 0 Å². The van der Waals surface area contributed by atoms with Gasteiger partial charge in [0.15, 0.2) is 5.78 Å². The number of hydrogen-bond donors (Lipinski definition) is 0. The van der Waals surface area contributed by atoms with E-state index in [0.29, 0.717) is 59.8 Å². The summed E-state index contributed by atoms with van der Waals surface area (Å²) in [7, 11) is 1.61. The lowest BCUT2D eigenvalue weighted by atomic mass is 9.88. The first-order valence-electron chi connectivity index (χ1n) is 12.5. The highest BCUT2D eigenvalue weighted by atomic mass is 16.5. The van der Waals surface area contributed by atoms with Gasteiger partial charge in [-0.2, -0.15) is 0 Å². The SMILES string of the molecule is COc1ccc(C(=O)C2CCN(C(=O)c3cc(C4CC4)nc4onc(-c5ccccc5)c34)CC2)cc1. The summed E-state index contributed by atoms with van der Waals surface area (Å²) < 4.78 is 10.8. The molecule has 2 aromatic heterocycles. The zero-order chi connectivity index (χ0) is 24.6. The van der Waals surface area contributed by atoms with Gasteiger partial charge in [-0.1, -0.05) is 35.5 Å². The van der Waals surface area contributed by atoms with Crippen molar-refractivity contribution in [2.45, 2.75) is 31.6 Å². The lowest BCUT2D eigenvalue weighted by Crippen LogP contribution is -2.40. The Labute approximate surface area is 209 Å². The number of amides is 1. The Morgan fingerprint density at radius 1 is 0.972 bits per heavy atom. The van der Waals surface area contributed by atoms with Gasteiger partial charge < -0.3 is 14.2 Å². The van der Waals surface area contributed by atoms with E-state index in [1.165, 1.54) is 0 Å². The number of pyridine rings is 1. The second kappa shape index (κ2) is 9.22. The normalized spacial score (nSPS) is 16.3. The first-order chi connectivity index (χ1) is 17.6. The van der Waals surface area contributed by atoms with Crippen molar-refractivity contribution in [3.8, 4) is 17.0 Å². The Kier molecular flexibility index (Phi) is 5.76. The van der Waals surface area contributed by atoms with Gasteiger partial charge in [0.05, 0.1) is 18.1 Å². The second-order valence-electron chi connectivity index (χ2n) is 9.61. The molecule has 1 aliphatic carbocycles. The van der Waals surface area contributed by atoms with Crippen LogP contribution < -0.4 is 4.74 Å². The van der Waals surface area contributed by atoms with E-state index in [-0.39, 0.29) is 17.6 Å². The van der Waals surface area contributed by atoms with Gasteiger partial charge in [0.25, 0.3) is 11.6 Å². The van der Waals surface area contributed by atoms with Crippen molar-refractivity contribution < 1.29 is 18.8 Å². The molecule has 0 radical (unpaired) electrons. The minimum absolute atomic E-state index is 0.0555. The van der Waals surface area contributed by atoms with Gasteiger partial charge in [0, 0.05) is 41.7 Å². The van der Waals surface area contributed by atoms with Gasteiger partial charge in [0.2, 0.25) is 0 Å². The Bertz CT molecular complexity index is 1420. The molecule has 36 heavy (non-hydrogen) atoms. The summed E-state index contributed by atoms with van der Waals surface area (Å²) in [5, 5.41) is 4.95. The predicted octanol–water partition coefficient (Wildman–Crippen LogP) is 5.51. The van der Waals surface area contributed by atoms with Crippen LogP contribution in [0.15, 0.2) is 65.2 Å². The van der Waals surface area contributed by atoms with Crippen LogP contribution >= 0.6 is 0 Å². The molecule has 0 N–H and O–H groups in total. The van der Waals surface area contributed by atoms with E-state index in [1.54, 1.807) is 19.2 Å². The van der Waals surface area contributed by atoms with Crippen LogP contribution in [0, 0.1) is 5.92 Å². The number of rotatable bonds is 6. The van der Waals surface area contributed by atoms with Gasteiger partial charge >= 0.3 is 0 Å². The number of ether oxygens (including phenoxy) is 1. The lowest BCUT2D eigenvalue weighted by molar-refractivity contribution is 0.0651. The van der Waals surface area contributed by atoms with Crippen molar-refractivity contribution in [1.82, 2.24) is 15.0 Å². The minimum Gasteiger partial charge on any atom is -0.497 e. The number of piperidine rings is 1. The van der Waals surface area contributed by atoms with Crippen molar-refractivity contribution in [2.75, 3.05) is 20.2 Å². The summed E-state index contributed by atoms with van der Waals surface area (Å²) in [6.07, 6.45) is 3.42. The predicted molar refractivity (Wildman–Crippen MR) is 135 cm³/mol. The zero-order valence-electron chi connectivity index (χ0n) is 20.1. The number of aromatic nitrogens is 2. The number of benzene rings is 2. The molecular weight excluding hydrogens is 454 g/mol. The Morgan fingerprint density at radius 2 is 1.69 bits per heavy atom. The first-order valence-corrected chi connectivity index (χ1v) is 12.5. The highest BCUT2D eigenvalue weighted by molar-refractivity contribution is 6.09. The Balaban J connectivity index is 1.26. The Hall–Kier alpha value is -4.00. The molecule has 1 saturated carbocycles. The maximum Gasteiger partial charge on any atom is 0.259 e. The number of carbonyl (C=O) groups excluding carboxylic acids is 2. The fourth-order valence-electron chi connectivity index (χ4n) is 5.03. The van der Waals surface area contributed by atoms with Crippen LogP contribution in [-0.2, 0) is 0 Å². The number of methoxy groups -OCH3 is 1. The van der Waals surface area contributed by atoms with Crippen molar-refractivity contribution in [3.63, 3.8) is 0 Å². The lowest BCUT2D eigenvalue weighted by Gasteiger charge is -2.31. The molecule has 0 atom stereocenters. The smallest absolute Gasteiger partial charge is 0.259 e. The maximum absolute atomic E-state index is 13.8. The minimum atomic E-state index is -0.0996. The fourth-order valence-corrected chi connectivity index (χ4v) is 5.03. The molecule has 0 unspecified atom stereocenters. The monoisotopic (exact) mass is 481 g/mol. The van der Waals surface area contributed by atoms with Crippen molar-refractivity contribution in [3.05, 3.63) is 77.5 Å². The third-order valence-corrected chi connectivity index (χ3v) is 7.27. The van der Waals surface area contributed by atoms with E-state index >= 15 is 0 Å². The number of ketones is 1. The van der Waals surface area contributed by atoms with Gasteiger partial charge in [-0.25, -0.2) is 4.98 Å². The number of carbonyl (C=O) groups is 2. The highest BCUT2D eigenvalue weighted by Gasteiger charge is 2.33. The molecule has 7 heteroatoms. The molecule has 182 valence electrons. The molecule has 6 rings (SSSR count). The van der Waals surface area contributed by atoms with Gasteiger partial charge in [0.1, 0.15) is 11.4 Å². The van der Waals surface area contributed by atoms with E-state index in [2.05, 4.69) is 5.16 Å². The molecule has 7 nitrogen and oxygen atoms in total. The largest absolute Gasteiger partial charge is 0.497 e. The molecule has 1 aliphatic heterocycles. The first kappa shape index (κ1) is 22.5. The van der Waals surface area contributed by atoms with E-state index in [1.807, 2.05) is 53.4 Å². The standard InChI is InChI=1S/C29H27N3O4/c1-35-22-11-9-20(10-12-22)27(33)21-13-15-32(16-14-21)29(34)23-17-24(18-7-8-18)30-28-25(23)26(31-36-28)19-5-3-2-4-6-19/h2-6,9-12,17-18,21H,7-8,13-16H2,1H3. The molecule has 2 aromatic carbocycles. The molecule has 0 bridgehead atoms. The summed E-state index contributed by atoms with van der Waals surface area (Å²) in [5.41, 5.74) is 4.09. The quantitative estimate of drug-likeness (QED) is 0.338. The fraction of sp³-hybridized carbons (Fsp3) is 0.310. The highest BCUT2D eigenvalue weighted by Crippen LogP contribution is 2.41. The molecule has 2 fully saturated rings. The van der Waals surface area contributed by atoms with Crippen molar-refractivity contribution in [2.24, 2.45) is 5.92 Å². The van der Waals surface area contributed by atoms with Crippen LogP contribution in [0.3, 0.4) is 0 Å². The summed E-state index contributed by atoms with van der Waals surface area (Å²) in [4.78, 5) is 33.4.